The first-order chi connectivity index (χ1) is 20.1. The highest BCUT2D eigenvalue weighted by Crippen LogP contribution is 2.48. The van der Waals surface area contributed by atoms with Crippen molar-refractivity contribution in [1.29, 1.82) is 0 Å². The van der Waals surface area contributed by atoms with Crippen molar-refractivity contribution in [2.75, 3.05) is 60.5 Å². The van der Waals surface area contributed by atoms with Gasteiger partial charge in [0.25, 0.3) is 0 Å². The Bertz CT molecular complexity index is 1310. The van der Waals surface area contributed by atoms with Crippen LogP contribution in [0, 0.1) is 13.8 Å². The summed E-state index contributed by atoms with van der Waals surface area (Å²) < 4.78 is 22.7. The van der Waals surface area contributed by atoms with Gasteiger partial charge in [-0.2, -0.15) is 0 Å². The second-order valence-corrected chi connectivity index (χ2v) is 12.9. The van der Waals surface area contributed by atoms with Crippen molar-refractivity contribution in [2.45, 2.75) is 33.3 Å². The van der Waals surface area contributed by atoms with Gasteiger partial charge in [0.05, 0.1) is 51.6 Å². The molecule has 0 aliphatic heterocycles. The number of hydrogen-bond acceptors (Lipinski definition) is 9. The minimum absolute atomic E-state index is 0.423. The number of hydrogen-bond donors (Lipinski definition) is 0. The maximum atomic E-state index is 6.22. The van der Waals surface area contributed by atoms with E-state index in [-0.39, 0.29) is 0 Å². The summed E-state index contributed by atoms with van der Waals surface area (Å²) in [5.74, 6) is 0. The summed E-state index contributed by atoms with van der Waals surface area (Å²) in [5.41, 5.74) is 5.14. The Morgan fingerprint density at radius 3 is 2.00 bits per heavy atom. The molecule has 0 saturated heterocycles. The zero-order valence-corrected chi connectivity index (χ0v) is 26.8. The van der Waals surface area contributed by atoms with Gasteiger partial charge in [-0.3, -0.25) is 0 Å². The molecule has 0 aliphatic rings. The zero-order valence-electron chi connectivity index (χ0n) is 24.4. The van der Waals surface area contributed by atoms with Gasteiger partial charge in [-0.25, -0.2) is 9.78 Å². The third-order valence-electron chi connectivity index (χ3n) is 6.44. The molecule has 6 nitrogen and oxygen atoms in total. The number of ether oxygens (including phenoxy) is 4. The van der Waals surface area contributed by atoms with E-state index in [0.717, 1.165) is 12.8 Å². The van der Waals surface area contributed by atoms with E-state index in [9.17, 15) is 0 Å². The van der Waals surface area contributed by atoms with Crippen molar-refractivity contribution < 1.29 is 28.7 Å². The van der Waals surface area contributed by atoms with E-state index in [1.54, 1.807) is 7.11 Å². The summed E-state index contributed by atoms with van der Waals surface area (Å²) in [6, 6.07) is 17.7. The molecule has 3 heterocycles. The predicted octanol–water partition coefficient (Wildman–Crippen LogP) is 8.20. The van der Waals surface area contributed by atoms with Crippen LogP contribution in [0.3, 0.4) is 0 Å². The largest absolute Gasteiger partial charge is 0.382 e. The molecule has 0 aliphatic carbocycles. The van der Waals surface area contributed by atoms with Crippen molar-refractivity contribution in [3.63, 3.8) is 0 Å². The van der Waals surface area contributed by atoms with Crippen LogP contribution in [0.15, 0.2) is 48.5 Å². The van der Waals surface area contributed by atoms with E-state index in [1.807, 2.05) is 34.0 Å². The number of aryl methyl sites for hydroxylation is 2. The lowest BCUT2D eigenvalue weighted by Crippen LogP contribution is -2.09. The number of benzene rings is 1. The van der Waals surface area contributed by atoms with Crippen LogP contribution in [-0.2, 0) is 41.8 Å². The Labute approximate surface area is 255 Å². The summed E-state index contributed by atoms with van der Waals surface area (Å²) in [6.45, 7) is 8.66. The number of rotatable bonds is 19. The standard InChI is InChI=1S/C32H40O6S3/c1-23-7-10-25(11-8-23)28-13-14-30(40-28)32-27(22-37-19-18-36-17-16-33-3)26(6-5-15-35-20-21-38-34-4)31(41-32)29-12-9-24(2)39-29/h7-14H,5-6,15-22H2,1-4H3. The van der Waals surface area contributed by atoms with E-state index < -0.39 is 0 Å². The van der Waals surface area contributed by atoms with Crippen LogP contribution in [0.2, 0.25) is 0 Å². The molecule has 0 fully saturated rings. The minimum atomic E-state index is 0.423. The van der Waals surface area contributed by atoms with Crippen LogP contribution in [0.5, 0.6) is 0 Å². The van der Waals surface area contributed by atoms with Crippen LogP contribution >= 0.6 is 34.0 Å². The first-order valence-electron chi connectivity index (χ1n) is 13.9. The fraction of sp³-hybridized carbons (Fsp3) is 0.438. The Hall–Kier alpha value is -1.92. The van der Waals surface area contributed by atoms with E-state index in [4.69, 9.17) is 23.8 Å². The average Bonchev–Trinajstić information content (AvgIpc) is 3.71. The van der Waals surface area contributed by atoms with Crippen molar-refractivity contribution in [1.82, 2.24) is 0 Å². The van der Waals surface area contributed by atoms with E-state index >= 15 is 0 Å². The SMILES string of the molecule is COCCOCCOCc1c(-c2ccc(-c3ccc(C)cc3)s2)sc(-c2ccc(C)s2)c1CCCOCCOOC. The van der Waals surface area contributed by atoms with Crippen LogP contribution in [-0.4, -0.2) is 60.5 Å². The van der Waals surface area contributed by atoms with Crippen LogP contribution in [0.25, 0.3) is 29.9 Å². The average molecular weight is 617 g/mol. The van der Waals surface area contributed by atoms with Gasteiger partial charge in [-0.1, -0.05) is 29.8 Å². The fourth-order valence-electron chi connectivity index (χ4n) is 4.37. The van der Waals surface area contributed by atoms with Crippen molar-refractivity contribution >= 4 is 34.0 Å². The number of methoxy groups -OCH3 is 1. The molecule has 0 N–H and O–H groups in total. The summed E-state index contributed by atoms with van der Waals surface area (Å²) in [4.78, 5) is 17.4. The molecule has 9 heteroatoms. The lowest BCUT2D eigenvalue weighted by atomic mass is 10.0. The second-order valence-electron chi connectivity index (χ2n) is 9.52. The molecular weight excluding hydrogens is 577 g/mol. The van der Waals surface area contributed by atoms with Gasteiger partial charge in [0, 0.05) is 43.7 Å². The topological polar surface area (TPSA) is 55.4 Å². The monoisotopic (exact) mass is 616 g/mol. The highest BCUT2D eigenvalue weighted by Gasteiger charge is 2.22. The molecule has 0 saturated carbocycles. The maximum Gasteiger partial charge on any atom is 0.106 e. The molecule has 4 aromatic rings. The summed E-state index contributed by atoms with van der Waals surface area (Å²) in [7, 11) is 3.19. The summed E-state index contributed by atoms with van der Waals surface area (Å²) in [6.07, 6.45) is 1.82. The first kappa shape index (κ1) is 32.0. The fourth-order valence-corrected chi connectivity index (χ4v) is 7.88. The molecule has 3 aromatic heterocycles. The number of thiophene rings is 3. The Morgan fingerprint density at radius 2 is 1.24 bits per heavy atom. The van der Waals surface area contributed by atoms with Crippen LogP contribution in [0.4, 0.5) is 0 Å². The normalized spacial score (nSPS) is 11.5. The molecule has 222 valence electrons. The van der Waals surface area contributed by atoms with Crippen LogP contribution in [0.1, 0.15) is 28.0 Å². The quantitative estimate of drug-likeness (QED) is 0.0602. The zero-order chi connectivity index (χ0) is 28.9. The third kappa shape index (κ3) is 9.54. The Kier molecular flexibility index (Phi) is 13.5. The molecule has 4 rings (SSSR count). The lowest BCUT2D eigenvalue weighted by Gasteiger charge is -2.11. The Morgan fingerprint density at radius 1 is 0.585 bits per heavy atom. The van der Waals surface area contributed by atoms with Gasteiger partial charge in [0.1, 0.15) is 6.61 Å². The smallest absolute Gasteiger partial charge is 0.106 e. The minimum Gasteiger partial charge on any atom is -0.382 e. The lowest BCUT2D eigenvalue weighted by molar-refractivity contribution is -0.277. The molecule has 41 heavy (non-hydrogen) atoms. The predicted molar refractivity (Wildman–Crippen MR) is 170 cm³/mol. The first-order valence-corrected chi connectivity index (χ1v) is 16.3. The third-order valence-corrected chi connectivity index (χ3v) is 10.2. The molecular formula is C32H40O6S3. The van der Waals surface area contributed by atoms with E-state index in [2.05, 4.69) is 67.3 Å². The molecule has 0 radical (unpaired) electrons. The van der Waals surface area contributed by atoms with Gasteiger partial charge in [0.15, 0.2) is 0 Å². The van der Waals surface area contributed by atoms with E-state index in [1.165, 1.54) is 58.6 Å². The molecule has 0 atom stereocenters. The van der Waals surface area contributed by atoms with Gasteiger partial charge in [-0.15, -0.1) is 34.0 Å². The second kappa shape index (κ2) is 17.3. The van der Waals surface area contributed by atoms with Gasteiger partial charge >= 0.3 is 0 Å². The summed E-state index contributed by atoms with van der Waals surface area (Å²) in [5, 5.41) is 0. The van der Waals surface area contributed by atoms with Crippen LogP contribution < -0.4 is 0 Å². The molecule has 1 aromatic carbocycles. The van der Waals surface area contributed by atoms with Crippen molar-refractivity contribution in [3.8, 4) is 29.9 Å². The van der Waals surface area contributed by atoms with E-state index in [0.29, 0.717) is 52.9 Å². The Balaban J connectivity index is 1.60. The molecule has 0 bridgehead atoms. The highest BCUT2D eigenvalue weighted by molar-refractivity contribution is 7.27. The molecule has 0 unspecified atom stereocenters. The molecule has 0 amide bonds. The van der Waals surface area contributed by atoms with Gasteiger partial charge < -0.3 is 18.9 Å². The van der Waals surface area contributed by atoms with Gasteiger partial charge in [0.2, 0.25) is 0 Å². The highest BCUT2D eigenvalue weighted by atomic mass is 32.1. The molecule has 0 spiro atoms. The summed E-state index contributed by atoms with van der Waals surface area (Å²) >= 11 is 5.57. The van der Waals surface area contributed by atoms with Crippen molar-refractivity contribution in [2.24, 2.45) is 0 Å². The maximum absolute atomic E-state index is 6.22. The van der Waals surface area contributed by atoms with Gasteiger partial charge in [-0.05, 0) is 62.1 Å². The van der Waals surface area contributed by atoms with Crippen molar-refractivity contribution in [3.05, 3.63) is 70.1 Å².